The van der Waals surface area contributed by atoms with Crippen molar-refractivity contribution in [2.75, 3.05) is 26.4 Å². The molecule has 57 heavy (non-hydrogen) atoms. The van der Waals surface area contributed by atoms with Gasteiger partial charge in [0.2, 0.25) is 11.6 Å². The van der Waals surface area contributed by atoms with Crippen LogP contribution in [0.4, 0.5) is 0 Å². The summed E-state index contributed by atoms with van der Waals surface area (Å²) in [7, 11) is 0. The Kier molecular flexibility index (Phi) is 29.1. The highest BCUT2D eigenvalue weighted by Gasteiger charge is 2.42. The second-order valence-corrected chi connectivity index (χ2v) is 12.2. The van der Waals surface area contributed by atoms with Crippen molar-refractivity contribution in [3.8, 4) is 23.7 Å². The topological polar surface area (TPSA) is 212 Å². The predicted octanol–water partition coefficient (Wildman–Crippen LogP) is 4.51. The molecule has 0 aromatic rings. The summed E-state index contributed by atoms with van der Waals surface area (Å²) < 4.78 is 31.6. The molecule has 1 fully saturated rings. The maximum absolute atomic E-state index is 12.8. The van der Waals surface area contributed by atoms with Gasteiger partial charge in [-0.3, -0.25) is 24.0 Å². The van der Waals surface area contributed by atoms with Crippen LogP contribution in [0.3, 0.4) is 0 Å². The molecule has 4 atom stereocenters. The number of Topliss-reactive ketones (excluding diaryl/α,β-unsaturated/α-hetero) is 1. The lowest BCUT2D eigenvalue weighted by atomic mass is 9.90. The Labute approximate surface area is 334 Å². The van der Waals surface area contributed by atoms with E-state index in [0.717, 1.165) is 24.3 Å². The van der Waals surface area contributed by atoms with Crippen LogP contribution < -0.4 is 0 Å². The first-order valence-electron chi connectivity index (χ1n) is 18.6. The summed E-state index contributed by atoms with van der Waals surface area (Å²) in [6.07, 6.45) is 6.48. The monoisotopic (exact) mass is 798 g/mol. The van der Waals surface area contributed by atoms with E-state index < -0.39 is 60.0 Å². The lowest BCUT2D eigenvalue weighted by molar-refractivity contribution is -0.196. The Bertz CT molecular complexity index is 1520. The van der Waals surface area contributed by atoms with Crippen LogP contribution in [0.5, 0.6) is 0 Å². The van der Waals surface area contributed by atoms with Crippen molar-refractivity contribution in [3.05, 3.63) is 50.6 Å². The van der Waals surface area contributed by atoms with E-state index in [0.29, 0.717) is 57.8 Å². The number of carboxylic acid groups (broad SMARTS) is 1. The predicted molar refractivity (Wildman–Crippen MR) is 206 cm³/mol. The van der Waals surface area contributed by atoms with Crippen molar-refractivity contribution in [1.82, 2.24) is 0 Å². The minimum atomic E-state index is -0.990. The number of aliphatic carboxylic acids is 1. The van der Waals surface area contributed by atoms with Gasteiger partial charge in [0.25, 0.3) is 0 Å². The number of carbonyl (C=O) groups excluding carboxylic acids is 7. The molecule has 0 bridgehead atoms. The van der Waals surface area contributed by atoms with E-state index in [4.69, 9.17) is 28.8 Å². The summed E-state index contributed by atoms with van der Waals surface area (Å²) in [5.41, 5.74) is 0. The molecule has 1 rings (SSSR count). The van der Waals surface area contributed by atoms with Crippen molar-refractivity contribution in [2.45, 2.75) is 109 Å². The van der Waals surface area contributed by atoms with Gasteiger partial charge in [0.1, 0.15) is 0 Å². The Morgan fingerprint density at radius 2 is 1.14 bits per heavy atom. The first-order valence-corrected chi connectivity index (χ1v) is 18.6. The quantitative estimate of drug-likeness (QED) is 0.0336. The summed E-state index contributed by atoms with van der Waals surface area (Å²) in [4.78, 5) is 91.8. The molecule has 0 aromatic heterocycles. The van der Waals surface area contributed by atoms with E-state index in [9.17, 15) is 38.4 Å². The molecule has 0 aromatic carbocycles. The molecule has 0 radical (unpaired) electrons. The zero-order valence-electron chi connectivity index (χ0n) is 32.6. The maximum atomic E-state index is 12.8. The van der Waals surface area contributed by atoms with Gasteiger partial charge in [-0.2, -0.15) is 0 Å². The average molecular weight is 799 g/mol. The molecule has 1 saturated heterocycles. The summed E-state index contributed by atoms with van der Waals surface area (Å²) >= 11 is 0. The van der Waals surface area contributed by atoms with E-state index in [1.165, 1.54) is 0 Å². The summed E-state index contributed by atoms with van der Waals surface area (Å²) in [5.74, 6) is 5.66. The number of ether oxygens (including phenoxy) is 6. The molecule has 0 spiro atoms. The number of hydrogen-bond acceptors (Lipinski definition) is 14. The number of rotatable bonds is 25. The zero-order valence-corrected chi connectivity index (χ0v) is 32.6. The van der Waals surface area contributed by atoms with Crippen LogP contribution in [-0.4, -0.2) is 97.2 Å². The molecule has 15 nitrogen and oxygen atoms in total. The van der Waals surface area contributed by atoms with Gasteiger partial charge in [-0.1, -0.05) is 38.2 Å². The van der Waals surface area contributed by atoms with Gasteiger partial charge in [-0.15, -0.1) is 0 Å². The second kappa shape index (κ2) is 32.4. The summed E-state index contributed by atoms with van der Waals surface area (Å²) in [5, 5.41) is 8.24. The molecule has 1 aliphatic rings. The highest BCUT2D eigenvalue weighted by molar-refractivity contribution is 6.03. The maximum Gasteiger partial charge on any atom is 0.330 e. The fourth-order valence-electron chi connectivity index (χ4n) is 4.57. The SMILES string of the molecule is C=CC(=O)C#CCCCCC(=O)C#C[C@H]1C(C)OC[C@@H](OC(=O)CCCCOC(=O)C=C)[C@@H]1OC(=O)CCCCOC(=O)C=C.C=CC(=O)OCCCCC(=O)O. The van der Waals surface area contributed by atoms with Crippen LogP contribution in [0.25, 0.3) is 0 Å². The van der Waals surface area contributed by atoms with Gasteiger partial charge in [-0.25, -0.2) is 14.4 Å². The first-order chi connectivity index (χ1) is 27.3. The normalized spacial score (nSPS) is 16.4. The van der Waals surface area contributed by atoms with Crippen LogP contribution in [0.1, 0.15) is 90.4 Å². The Balaban J connectivity index is 0.00000224. The van der Waals surface area contributed by atoms with E-state index >= 15 is 0 Å². The molecule has 0 saturated carbocycles. The molecule has 1 heterocycles. The molecule has 312 valence electrons. The fraction of sp³-hybridized carbons (Fsp3) is 0.524. The van der Waals surface area contributed by atoms with Gasteiger partial charge in [0.05, 0.1) is 38.4 Å². The molecule has 15 heteroatoms. The molecule has 0 aliphatic carbocycles. The van der Waals surface area contributed by atoms with E-state index in [1.807, 2.05) is 0 Å². The van der Waals surface area contributed by atoms with Crippen LogP contribution >= 0.6 is 0 Å². The standard InChI is InChI=1S/C34H42O11.C8H12O4/c1-5-26(35)16-10-8-9-11-17-27(36)20-21-28-25(4)43-24-29(44-32(39)18-12-14-22-41-30(37)6-2)34(28)45-33(40)19-13-15-23-42-31(38)7-3;1-2-8(11)12-6-4-3-5-7(9)10/h5-7,25,28-29,34H,1-3,8-9,11-15,17-19,22-24H2,4H3;2H,1,3-6H2,(H,9,10)/t25?,28-,29+,34+;/m0./s1. The summed E-state index contributed by atoms with van der Waals surface area (Å²) in [6, 6.07) is 0. The average Bonchev–Trinajstić information content (AvgIpc) is 3.19. The van der Waals surface area contributed by atoms with Crippen LogP contribution in [0.15, 0.2) is 50.6 Å². The number of ketones is 2. The molecular weight excluding hydrogens is 744 g/mol. The molecule has 1 aliphatic heterocycles. The van der Waals surface area contributed by atoms with E-state index in [2.05, 4.69) is 54.7 Å². The van der Waals surface area contributed by atoms with Gasteiger partial charge in [0.15, 0.2) is 12.2 Å². The summed E-state index contributed by atoms with van der Waals surface area (Å²) in [6.45, 7) is 15.4. The Morgan fingerprint density at radius 1 is 0.649 bits per heavy atom. The number of unbranched alkanes of at least 4 members (excludes halogenated alkanes) is 5. The lowest BCUT2D eigenvalue weighted by Gasteiger charge is -2.38. The molecule has 1 N–H and O–H groups in total. The molecular formula is C42H54O15. The van der Waals surface area contributed by atoms with Crippen LogP contribution in [-0.2, 0) is 66.8 Å². The third-order valence-electron chi connectivity index (χ3n) is 7.60. The molecule has 1 unspecified atom stereocenters. The van der Waals surface area contributed by atoms with E-state index in [1.54, 1.807) is 6.92 Å². The smallest absolute Gasteiger partial charge is 0.330 e. The Hall–Kier alpha value is -5.80. The van der Waals surface area contributed by atoms with Crippen molar-refractivity contribution in [3.63, 3.8) is 0 Å². The minimum absolute atomic E-state index is 0.0157. The van der Waals surface area contributed by atoms with Crippen LogP contribution in [0, 0.1) is 29.6 Å². The molecule has 0 amide bonds. The third-order valence-corrected chi connectivity index (χ3v) is 7.60. The highest BCUT2D eigenvalue weighted by atomic mass is 16.6. The first kappa shape index (κ1) is 51.2. The van der Waals surface area contributed by atoms with Gasteiger partial charge < -0.3 is 33.5 Å². The van der Waals surface area contributed by atoms with Gasteiger partial charge in [0, 0.05) is 50.3 Å². The van der Waals surface area contributed by atoms with Crippen molar-refractivity contribution in [1.29, 1.82) is 0 Å². The number of esters is 5. The number of carboxylic acids is 1. The Morgan fingerprint density at radius 3 is 1.63 bits per heavy atom. The van der Waals surface area contributed by atoms with E-state index in [-0.39, 0.29) is 63.7 Å². The highest BCUT2D eigenvalue weighted by Crippen LogP contribution is 2.27. The minimum Gasteiger partial charge on any atom is -0.481 e. The second-order valence-electron chi connectivity index (χ2n) is 12.2. The fourth-order valence-corrected chi connectivity index (χ4v) is 4.57. The number of carbonyl (C=O) groups is 8. The van der Waals surface area contributed by atoms with Gasteiger partial charge >= 0.3 is 35.8 Å². The van der Waals surface area contributed by atoms with Crippen molar-refractivity contribution >= 4 is 47.4 Å². The van der Waals surface area contributed by atoms with Crippen LogP contribution in [0.2, 0.25) is 0 Å². The third kappa shape index (κ3) is 27.4. The number of hydrogen-bond donors (Lipinski definition) is 1. The van der Waals surface area contributed by atoms with Crippen molar-refractivity contribution in [2.24, 2.45) is 5.92 Å². The lowest BCUT2D eigenvalue weighted by Crippen LogP contribution is -2.51. The van der Waals surface area contributed by atoms with Gasteiger partial charge in [-0.05, 0) is 76.2 Å². The largest absolute Gasteiger partial charge is 0.481 e. The number of allylic oxidation sites excluding steroid dienone is 1. The van der Waals surface area contributed by atoms with Crippen molar-refractivity contribution < 1.29 is 71.9 Å². The zero-order chi connectivity index (χ0) is 42.8.